The van der Waals surface area contributed by atoms with Crippen LogP contribution in [0.1, 0.15) is 16.2 Å². The molecule has 0 aliphatic heterocycles. The summed E-state index contributed by atoms with van der Waals surface area (Å²) in [6, 6.07) is 16.4. The number of esters is 1. The van der Waals surface area contributed by atoms with E-state index in [9.17, 15) is 14.4 Å². The molecule has 156 valence electrons. The van der Waals surface area contributed by atoms with Crippen molar-refractivity contribution in [3.63, 3.8) is 0 Å². The first-order chi connectivity index (χ1) is 15.0. The van der Waals surface area contributed by atoms with Gasteiger partial charge in [-0.25, -0.2) is 9.78 Å². The van der Waals surface area contributed by atoms with E-state index in [1.54, 1.807) is 23.6 Å². The lowest BCUT2D eigenvalue weighted by Crippen LogP contribution is -2.28. The van der Waals surface area contributed by atoms with Crippen molar-refractivity contribution >= 4 is 39.1 Å². The highest BCUT2D eigenvalue weighted by Crippen LogP contribution is 2.30. The molecule has 8 heteroatoms. The summed E-state index contributed by atoms with van der Waals surface area (Å²) in [5.41, 5.74) is 1.91. The lowest BCUT2D eigenvalue weighted by Gasteiger charge is -2.16. The lowest BCUT2D eigenvalue weighted by atomic mass is 9.97. The number of aromatic nitrogens is 2. The second-order valence-electron chi connectivity index (χ2n) is 6.92. The van der Waals surface area contributed by atoms with Crippen molar-refractivity contribution in [3.8, 4) is 11.1 Å². The number of aryl methyl sites for hydroxylation is 1. The molecule has 0 radical (unpaired) electrons. The number of nitrogens with one attached hydrogen (secondary N) is 1. The Kier molecular flexibility index (Phi) is 5.64. The fourth-order valence-corrected chi connectivity index (χ4v) is 4.07. The second kappa shape index (κ2) is 8.53. The zero-order valence-electron chi connectivity index (χ0n) is 16.9. The fraction of sp³-hybridized carbons (Fsp3) is 0.130. The third-order valence-electron chi connectivity index (χ3n) is 4.76. The van der Waals surface area contributed by atoms with Crippen molar-refractivity contribution in [2.24, 2.45) is 7.05 Å². The highest BCUT2D eigenvalue weighted by atomic mass is 32.1. The predicted molar refractivity (Wildman–Crippen MR) is 120 cm³/mol. The molecule has 2 aromatic carbocycles. The van der Waals surface area contributed by atoms with Gasteiger partial charge in [-0.1, -0.05) is 48.5 Å². The summed E-state index contributed by atoms with van der Waals surface area (Å²) in [5.74, 6) is -1.26. The van der Waals surface area contributed by atoms with Gasteiger partial charge in [0.25, 0.3) is 11.5 Å². The van der Waals surface area contributed by atoms with Crippen LogP contribution in [0.4, 0.5) is 5.13 Å². The Labute approximate surface area is 181 Å². The van der Waals surface area contributed by atoms with Crippen LogP contribution in [0.3, 0.4) is 0 Å². The van der Waals surface area contributed by atoms with E-state index in [2.05, 4.69) is 10.3 Å². The maximum Gasteiger partial charge on any atom is 0.356 e. The minimum Gasteiger partial charge on any atom is -0.451 e. The first kappa shape index (κ1) is 20.5. The number of rotatable bonds is 5. The number of fused-ring (bicyclic) bond motifs is 1. The summed E-state index contributed by atoms with van der Waals surface area (Å²) in [5, 5.41) is 5.97. The molecule has 0 aliphatic rings. The maximum atomic E-state index is 13.0. The van der Waals surface area contributed by atoms with Gasteiger partial charge in [-0.15, -0.1) is 11.3 Å². The molecule has 0 aliphatic carbocycles. The quantitative estimate of drug-likeness (QED) is 0.484. The number of ether oxygens (including phenoxy) is 1. The lowest BCUT2D eigenvalue weighted by molar-refractivity contribution is -0.119. The molecule has 0 atom stereocenters. The molecule has 0 bridgehead atoms. The predicted octanol–water partition coefficient (Wildman–Crippen LogP) is 3.77. The van der Waals surface area contributed by atoms with E-state index < -0.39 is 18.5 Å². The molecule has 2 aromatic heterocycles. The number of nitrogens with zero attached hydrogens (tertiary/aromatic N) is 2. The monoisotopic (exact) mass is 433 g/mol. The molecule has 4 aromatic rings. The Morgan fingerprint density at radius 3 is 2.42 bits per heavy atom. The molecule has 0 saturated carbocycles. The van der Waals surface area contributed by atoms with Gasteiger partial charge in [0.05, 0.1) is 5.69 Å². The van der Waals surface area contributed by atoms with E-state index in [1.165, 1.54) is 23.0 Å². The summed E-state index contributed by atoms with van der Waals surface area (Å²) >= 11 is 1.29. The van der Waals surface area contributed by atoms with E-state index in [1.807, 2.05) is 43.3 Å². The van der Waals surface area contributed by atoms with E-state index >= 15 is 0 Å². The van der Waals surface area contributed by atoms with Crippen LogP contribution in [-0.4, -0.2) is 28.0 Å². The average Bonchev–Trinajstić information content (AvgIpc) is 3.19. The van der Waals surface area contributed by atoms with Crippen LogP contribution >= 0.6 is 11.3 Å². The summed E-state index contributed by atoms with van der Waals surface area (Å²) < 4.78 is 6.55. The van der Waals surface area contributed by atoms with E-state index in [0.717, 1.165) is 11.3 Å². The molecule has 31 heavy (non-hydrogen) atoms. The van der Waals surface area contributed by atoms with Crippen molar-refractivity contribution in [2.45, 2.75) is 6.92 Å². The van der Waals surface area contributed by atoms with Crippen molar-refractivity contribution < 1.29 is 14.3 Å². The minimum absolute atomic E-state index is 0.0905. The molecule has 2 heterocycles. The minimum atomic E-state index is -0.755. The van der Waals surface area contributed by atoms with Crippen LogP contribution in [0.2, 0.25) is 0 Å². The molecular weight excluding hydrogens is 414 g/mol. The highest BCUT2D eigenvalue weighted by molar-refractivity contribution is 7.13. The van der Waals surface area contributed by atoms with Gasteiger partial charge in [0, 0.05) is 23.4 Å². The van der Waals surface area contributed by atoms with Gasteiger partial charge in [0.15, 0.2) is 11.7 Å². The Bertz CT molecular complexity index is 1340. The second-order valence-corrected chi connectivity index (χ2v) is 7.78. The molecule has 1 amide bonds. The number of carbonyl (C=O) groups is 2. The number of hydrogen-bond donors (Lipinski definition) is 1. The smallest absolute Gasteiger partial charge is 0.356 e. The number of thiazole rings is 1. The van der Waals surface area contributed by atoms with Gasteiger partial charge in [-0.2, -0.15) is 0 Å². The van der Waals surface area contributed by atoms with Crippen LogP contribution < -0.4 is 10.9 Å². The highest BCUT2D eigenvalue weighted by Gasteiger charge is 2.23. The largest absolute Gasteiger partial charge is 0.451 e. The first-order valence-electron chi connectivity index (χ1n) is 9.52. The third-order valence-corrected chi connectivity index (χ3v) is 5.63. The average molecular weight is 433 g/mol. The number of pyridine rings is 1. The van der Waals surface area contributed by atoms with Crippen molar-refractivity contribution in [3.05, 3.63) is 81.7 Å². The number of benzene rings is 2. The van der Waals surface area contributed by atoms with Crippen LogP contribution in [-0.2, 0) is 16.6 Å². The first-order valence-corrected chi connectivity index (χ1v) is 10.4. The van der Waals surface area contributed by atoms with Crippen LogP contribution in [0.25, 0.3) is 21.9 Å². The number of anilines is 1. The van der Waals surface area contributed by atoms with Gasteiger partial charge in [0.2, 0.25) is 0 Å². The van der Waals surface area contributed by atoms with Crippen molar-refractivity contribution in [1.82, 2.24) is 9.55 Å². The number of hydrogen-bond acceptors (Lipinski definition) is 6. The number of amides is 1. The molecule has 0 spiro atoms. The van der Waals surface area contributed by atoms with E-state index in [-0.39, 0.29) is 11.3 Å². The summed E-state index contributed by atoms with van der Waals surface area (Å²) in [6.07, 6.45) is 0. The Morgan fingerprint density at radius 1 is 1.06 bits per heavy atom. The summed E-state index contributed by atoms with van der Waals surface area (Å²) in [7, 11) is 1.52. The van der Waals surface area contributed by atoms with Crippen LogP contribution in [0.5, 0.6) is 0 Å². The number of carbonyl (C=O) groups excluding carboxylic acids is 2. The maximum absolute atomic E-state index is 13.0. The standard InChI is InChI=1S/C23H19N3O4S/c1-14-13-31-23(24-14)25-18(27)12-30-22(29)20-19(15-8-4-3-5-9-15)16-10-6-7-11-17(16)21(28)26(20)2/h3-11,13H,12H2,1-2H3,(H,24,25,27). The van der Waals surface area contributed by atoms with Crippen molar-refractivity contribution in [1.29, 1.82) is 0 Å². The molecular formula is C23H19N3O4S. The molecule has 1 N–H and O–H groups in total. The van der Waals surface area contributed by atoms with Gasteiger partial charge in [-0.3, -0.25) is 14.9 Å². The summed E-state index contributed by atoms with van der Waals surface area (Å²) in [6.45, 7) is 1.32. The fourth-order valence-electron chi connectivity index (χ4n) is 3.37. The molecule has 7 nitrogen and oxygen atoms in total. The molecule has 0 fully saturated rings. The van der Waals surface area contributed by atoms with E-state index in [4.69, 9.17) is 4.74 Å². The van der Waals surface area contributed by atoms with E-state index in [0.29, 0.717) is 21.5 Å². The van der Waals surface area contributed by atoms with Gasteiger partial charge < -0.3 is 9.30 Å². The Morgan fingerprint density at radius 2 is 1.74 bits per heavy atom. The Hall–Kier alpha value is -3.78. The molecule has 4 rings (SSSR count). The summed E-state index contributed by atoms with van der Waals surface area (Å²) in [4.78, 5) is 42.3. The van der Waals surface area contributed by atoms with Gasteiger partial charge >= 0.3 is 5.97 Å². The van der Waals surface area contributed by atoms with Crippen LogP contribution in [0, 0.1) is 6.92 Å². The molecule has 0 saturated heterocycles. The Balaban J connectivity index is 1.71. The van der Waals surface area contributed by atoms with Crippen LogP contribution in [0.15, 0.2) is 64.8 Å². The van der Waals surface area contributed by atoms with Gasteiger partial charge in [0.1, 0.15) is 5.69 Å². The normalized spacial score (nSPS) is 10.8. The topological polar surface area (TPSA) is 90.3 Å². The zero-order chi connectivity index (χ0) is 22.0. The third kappa shape index (κ3) is 4.10. The van der Waals surface area contributed by atoms with Crippen molar-refractivity contribution in [2.75, 3.05) is 11.9 Å². The van der Waals surface area contributed by atoms with Gasteiger partial charge in [-0.05, 0) is 23.9 Å². The zero-order valence-corrected chi connectivity index (χ0v) is 17.7. The SMILES string of the molecule is Cc1csc(NC(=O)COC(=O)c2c(-c3ccccc3)c3ccccc3c(=O)n2C)n1. The molecule has 0 unspecified atom stereocenters.